The summed E-state index contributed by atoms with van der Waals surface area (Å²) in [6, 6.07) is 2.57. The van der Waals surface area contributed by atoms with Crippen molar-refractivity contribution in [3.8, 4) is 0 Å². The van der Waals surface area contributed by atoms with Gasteiger partial charge in [0.05, 0.1) is 24.5 Å². The highest BCUT2D eigenvalue weighted by molar-refractivity contribution is 5.52. The maximum Gasteiger partial charge on any atom is 0.0670 e. The normalized spacial score (nSPS) is 19.7. The Kier molecular flexibility index (Phi) is 4.42. The van der Waals surface area contributed by atoms with Gasteiger partial charge >= 0.3 is 0 Å². The summed E-state index contributed by atoms with van der Waals surface area (Å²) >= 11 is 0. The van der Waals surface area contributed by atoms with Crippen LogP contribution in [0, 0.1) is 0 Å². The summed E-state index contributed by atoms with van der Waals surface area (Å²) in [6.45, 7) is 9.09. The van der Waals surface area contributed by atoms with Gasteiger partial charge in [0.15, 0.2) is 0 Å². The Morgan fingerprint density at radius 2 is 2.26 bits per heavy atom. The van der Waals surface area contributed by atoms with Gasteiger partial charge in [-0.1, -0.05) is 0 Å². The van der Waals surface area contributed by atoms with E-state index in [2.05, 4.69) is 49.1 Å². The average molecular weight is 263 g/mol. The predicted octanol–water partition coefficient (Wildman–Crippen LogP) is 2.19. The van der Waals surface area contributed by atoms with Gasteiger partial charge in [-0.2, -0.15) is 0 Å². The van der Waals surface area contributed by atoms with E-state index in [1.165, 1.54) is 11.3 Å². The van der Waals surface area contributed by atoms with E-state index in [4.69, 9.17) is 4.74 Å². The van der Waals surface area contributed by atoms with E-state index in [0.29, 0.717) is 6.04 Å². The fourth-order valence-electron chi connectivity index (χ4n) is 2.27. The number of ether oxygens (including phenoxy) is 1. The fraction of sp³-hybridized carbons (Fsp3) is 0.667. The number of hydrogen-bond donors (Lipinski definition) is 1. The van der Waals surface area contributed by atoms with Crippen LogP contribution in [0.15, 0.2) is 18.5 Å². The number of nitrogens with one attached hydrogen (secondary N) is 1. The highest BCUT2D eigenvalue weighted by Gasteiger charge is 2.22. The van der Waals surface area contributed by atoms with Crippen molar-refractivity contribution in [2.24, 2.45) is 0 Å². The van der Waals surface area contributed by atoms with Crippen LogP contribution < -0.4 is 10.2 Å². The van der Waals surface area contributed by atoms with Crippen LogP contribution in [0.2, 0.25) is 0 Å². The van der Waals surface area contributed by atoms with Crippen LogP contribution in [0.1, 0.15) is 32.8 Å². The zero-order valence-corrected chi connectivity index (χ0v) is 12.4. The number of aromatic nitrogens is 1. The Bertz CT molecular complexity index is 408. The van der Waals surface area contributed by atoms with E-state index >= 15 is 0 Å². The molecule has 0 aliphatic carbocycles. The summed E-state index contributed by atoms with van der Waals surface area (Å²) in [5.74, 6) is 0. The summed E-state index contributed by atoms with van der Waals surface area (Å²) in [7, 11) is 2.14. The summed E-state index contributed by atoms with van der Waals surface area (Å²) < 4.78 is 5.48. The Hall–Kier alpha value is -1.13. The smallest absolute Gasteiger partial charge is 0.0670 e. The van der Waals surface area contributed by atoms with Crippen LogP contribution in [-0.4, -0.2) is 36.8 Å². The molecule has 2 heterocycles. The molecule has 1 unspecified atom stereocenters. The van der Waals surface area contributed by atoms with E-state index in [0.717, 1.165) is 26.2 Å². The van der Waals surface area contributed by atoms with Crippen molar-refractivity contribution in [2.45, 2.75) is 45.3 Å². The van der Waals surface area contributed by atoms with Gasteiger partial charge in [-0.25, -0.2) is 0 Å². The lowest BCUT2D eigenvalue weighted by atomic mass is 10.1. The van der Waals surface area contributed by atoms with Crippen LogP contribution in [0.25, 0.3) is 0 Å². The topological polar surface area (TPSA) is 37.4 Å². The molecule has 0 bridgehead atoms. The molecule has 1 fully saturated rings. The molecule has 1 aliphatic heterocycles. The molecule has 1 saturated heterocycles. The quantitative estimate of drug-likeness (QED) is 0.903. The average Bonchev–Trinajstić information content (AvgIpc) is 2.89. The molecule has 1 aromatic rings. The molecule has 106 valence electrons. The van der Waals surface area contributed by atoms with E-state index in [-0.39, 0.29) is 5.54 Å². The molecule has 0 spiro atoms. The van der Waals surface area contributed by atoms with Crippen molar-refractivity contribution in [1.29, 1.82) is 0 Å². The molecule has 4 nitrogen and oxygen atoms in total. The van der Waals surface area contributed by atoms with Gasteiger partial charge in [-0.3, -0.25) is 4.98 Å². The third-order valence-electron chi connectivity index (χ3n) is 3.53. The number of anilines is 1. The minimum absolute atomic E-state index is 0.121. The molecule has 1 aliphatic rings. The largest absolute Gasteiger partial charge is 0.379 e. The second-order valence-corrected chi connectivity index (χ2v) is 6.24. The van der Waals surface area contributed by atoms with Gasteiger partial charge in [0.1, 0.15) is 0 Å². The second-order valence-electron chi connectivity index (χ2n) is 6.24. The molecule has 0 aromatic carbocycles. The number of likely N-dealkylation sites (N-methyl/N-ethyl adjacent to an activating group) is 1. The van der Waals surface area contributed by atoms with Crippen LogP contribution in [0.3, 0.4) is 0 Å². The van der Waals surface area contributed by atoms with Crippen LogP contribution >= 0.6 is 0 Å². The third-order valence-corrected chi connectivity index (χ3v) is 3.53. The van der Waals surface area contributed by atoms with Gasteiger partial charge in [-0.15, -0.1) is 0 Å². The summed E-state index contributed by atoms with van der Waals surface area (Å²) in [5, 5.41) is 3.54. The number of pyridine rings is 1. The number of rotatable bonds is 4. The second kappa shape index (κ2) is 5.88. The summed E-state index contributed by atoms with van der Waals surface area (Å²) in [6.07, 6.45) is 4.91. The molecule has 0 radical (unpaired) electrons. The lowest BCUT2D eigenvalue weighted by Crippen LogP contribution is -2.37. The molecule has 0 amide bonds. The first-order valence-corrected chi connectivity index (χ1v) is 6.96. The molecular formula is C15H25N3O. The fourth-order valence-corrected chi connectivity index (χ4v) is 2.27. The van der Waals surface area contributed by atoms with Crippen molar-refractivity contribution >= 4 is 5.69 Å². The summed E-state index contributed by atoms with van der Waals surface area (Å²) in [5.41, 5.74) is 2.62. The Morgan fingerprint density at radius 1 is 1.47 bits per heavy atom. The van der Waals surface area contributed by atoms with Crippen LogP contribution in [-0.2, 0) is 11.3 Å². The molecule has 0 saturated carbocycles. The van der Waals surface area contributed by atoms with Crippen molar-refractivity contribution in [1.82, 2.24) is 10.3 Å². The van der Waals surface area contributed by atoms with Gasteiger partial charge < -0.3 is 15.0 Å². The first kappa shape index (κ1) is 14.3. The van der Waals surface area contributed by atoms with Gasteiger partial charge in [0.25, 0.3) is 0 Å². The van der Waals surface area contributed by atoms with Crippen molar-refractivity contribution in [2.75, 3.05) is 25.2 Å². The minimum Gasteiger partial charge on any atom is -0.379 e. The Balaban J connectivity index is 2.11. The van der Waals surface area contributed by atoms with Gasteiger partial charge in [-0.05, 0) is 38.8 Å². The third kappa shape index (κ3) is 3.91. The zero-order valence-electron chi connectivity index (χ0n) is 12.4. The first-order chi connectivity index (χ1) is 8.97. The number of nitrogens with zero attached hydrogens (tertiary/aromatic N) is 2. The lowest BCUT2D eigenvalue weighted by molar-refractivity contribution is 0.193. The highest BCUT2D eigenvalue weighted by atomic mass is 16.5. The molecular weight excluding hydrogens is 238 g/mol. The van der Waals surface area contributed by atoms with Crippen molar-refractivity contribution < 1.29 is 4.74 Å². The standard InChI is InChI=1S/C15H25N3O/c1-15(2,3)17-9-12-5-7-16-10-14(12)18(4)13-6-8-19-11-13/h5,7,10,13,17H,6,8-9,11H2,1-4H3. The van der Waals surface area contributed by atoms with Gasteiger partial charge in [0, 0.05) is 31.9 Å². The molecule has 1 atom stereocenters. The van der Waals surface area contributed by atoms with Crippen LogP contribution in [0.5, 0.6) is 0 Å². The SMILES string of the molecule is CN(c1cnccc1CNC(C)(C)C)C1CCOC1. The number of hydrogen-bond acceptors (Lipinski definition) is 4. The monoisotopic (exact) mass is 263 g/mol. The predicted molar refractivity (Wildman–Crippen MR) is 78.5 cm³/mol. The van der Waals surface area contributed by atoms with Crippen LogP contribution in [0.4, 0.5) is 5.69 Å². The van der Waals surface area contributed by atoms with Gasteiger partial charge in [0.2, 0.25) is 0 Å². The molecule has 19 heavy (non-hydrogen) atoms. The maximum atomic E-state index is 5.48. The zero-order chi connectivity index (χ0) is 13.9. The Labute approximate surface area is 116 Å². The highest BCUT2D eigenvalue weighted by Crippen LogP contribution is 2.23. The van der Waals surface area contributed by atoms with E-state index in [1.807, 2.05) is 12.4 Å². The lowest BCUT2D eigenvalue weighted by Gasteiger charge is -2.28. The molecule has 2 rings (SSSR count). The van der Waals surface area contributed by atoms with E-state index in [1.54, 1.807) is 0 Å². The minimum atomic E-state index is 0.121. The Morgan fingerprint density at radius 3 is 2.89 bits per heavy atom. The summed E-state index contributed by atoms with van der Waals surface area (Å²) in [4.78, 5) is 6.58. The van der Waals surface area contributed by atoms with E-state index in [9.17, 15) is 0 Å². The maximum absolute atomic E-state index is 5.48. The van der Waals surface area contributed by atoms with Crippen molar-refractivity contribution in [3.63, 3.8) is 0 Å². The molecule has 1 aromatic heterocycles. The molecule has 4 heteroatoms. The molecule has 1 N–H and O–H groups in total. The van der Waals surface area contributed by atoms with E-state index < -0.39 is 0 Å². The van der Waals surface area contributed by atoms with Crippen molar-refractivity contribution in [3.05, 3.63) is 24.0 Å². The first-order valence-electron chi connectivity index (χ1n) is 6.96.